The van der Waals surface area contributed by atoms with Gasteiger partial charge < -0.3 is 14.6 Å². The predicted octanol–water partition coefficient (Wildman–Crippen LogP) is 1.90. The van der Waals surface area contributed by atoms with E-state index in [1.54, 1.807) is 14.0 Å². The molecule has 1 aromatic heterocycles. The van der Waals surface area contributed by atoms with Gasteiger partial charge in [-0.3, -0.25) is 4.79 Å². The summed E-state index contributed by atoms with van der Waals surface area (Å²) < 4.78 is 10.0. The van der Waals surface area contributed by atoms with Crippen molar-refractivity contribution in [2.75, 3.05) is 7.11 Å². The minimum Gasteiger partial charge on any atom is -0.377 e. The number of rotatable bonds is 5. The Morgan fingerprint density at radius 1 is 1.47 bits per heavy atom. The smallest absolute Gasteiger partial charge is 0.273 e. The molecule has 1 aromatic rings. The standard InChI is InChI=1S/C12H20N2O3/c1-7(2)9(4)13-12(15)11-8(3)10(6-16-5)17-14-11/h7,9H,6H2,1-5H3,(H,13,15). The summed E-state index contributed by atoms with van der Waals surface area (Å²) in [7, 11) is 1.57. The van der Waals surface area contributed by atoms with Crippen LogP contribution in [0.1, 0.15) is 42.6 Å². The highest BCUT2D eigenvalue weighted by molar-refractivity contribution is 5.93. The predicted molar refractivity (Wildman–Crippen MR) is 63.7 cm³/mol. The topological polar surface area (TPSA) is 64.4 Å². The van der Waals surface area contributed by atoms with Gasteiger partial charge in [-0.05, 0) is 19.8 Å². The summed E-state index contributed by atoms with van der Waals surface area (Å²) in [6, 6.07) is 0.101. The third kappa shape index (κ3) is 3.30. The highest BCUT2D eigenvalue weighted by Gasteiger charge is 2.20. The number of carbonyl (C=O) groups is 1. The highest BCUT2D eigenvalue weighted by Crippen LogP contribution is 2.14. The van der Waals surface area contributed by atoms with E-state index < -0.39 is 0 Å². The summed E-state index contributed by atoms with van der Waals surface area (Å²) in [4.78, 5) is 11.9. The Morgan fingerprint density at radius 2 is 2.12 bits per heavy atom. The van der Waals surface area contributed by atoms with Crippen molar-refractivity contribution in [3.05, 3.63) is 17.0 Å². The largest absolute Gasteiger partial charge is 0.377 e. The molecule has 5 heteroatoms. The number of nitrogens with one attached hydrogen (secondary N) is 1. The lowest BCUT2D eigenvalue weighted by atomic mass is 10.1. The molecule has 1 N–H and O–H groups in total. The lowest BCUT2D eigenvalue weighted by Crippen LogP contribution is -2.36. The van der Waals surface area contributed by atoms with E-state index in [0.717, 1.165) is 5.56 Å². The molecule has 0 radical (unpaired) electrons. The van der Waals surface area contributed by atoms with Crippen LogP contribution < -0.4 is 5.32 Å². The van der Waals surface area contributed by atoms with E-state index in [0.29, 0.717) is 24.0 Å². The molecular formula is C12H20N2O3. The van der Waals surface area contributed by atoms with Gasteiger partial charge >= 0.3 is 0 Å². The number of nitrogens with zero attached hydrogens (tertiary/aromatic N) is 1. The average molecular weight is 240 g/mol. The van der Waals surface area contributed by atoms with Gasteiger partial charge in [0.25, 0.3) is 5.91 Å². The Balaban J connectivity index is 2.76. The van der Waals surface area contributed by atoms with Gasteiger partial charge in [-0.1, -0.05) is 19.0 Å². The van der Waals surface area contributed by atoms with Crippen molar-refractivity contribution in [1.82, 2.24) is 10.5 Å². The van der Waals surface area contributed by atoms with Gasteiger partial charge in [-0.25, -0.2) is 0 Å². The van der Waals surface area contributed by atoms with Gasteiger partial charge in [0, 0.05) is 18.7 Å². The van der Waals surface area contributed by atoms with E-state index in [4.69, 9.17) is 9.26 Å². The molecule has 0 aliphatic heterocycles. The third-order valence-electron chi connectivity index (χ3n) is 2.87. The maximum Gasteiger partial charge on any atom is 0.273 e. The number of carbonyl (C=O) groups excluding carboxylic acids is 1. The van der Waals surface area contributed by atoms with Crippen molar-refractivity contribution in [3.63, 3.8) is 0 Å². The quantitative estimate of drug-likeness (QED) is 0.853. The van der Waals surface area contributed by atoms with E-state index >= 15 is 0 Å². The van der Waals surface area contributed by atoms with Crippen LogP contribution in [0.2, 0.25) is 0 Å². The van der Waals surface area contributed by atoms with Crippen molar-refractivity contribution in [2.24, 2.45) is 5.92 Å². The first-order valence-corrected chi connectivity index (χ1v) is 5.72. The molecule has 0 saturated carbocycles. The Labute approximate surface area is 102 Å². The number of amides is 1. The molecule has 5 nitrogen and oxygen atoms in total. The number of hydrogen-bond acceptors (Lipinski definition) is 4. The van der Waals surface area contributed by atoms with Crippen molar-refractivity contribution in [3.8, 4) is 0 Å². The number of hydrogen-bond donors (Lipinski definition) is 1. The maximum absolute atomic E-state index is 11.9. The normalized spacial score (nSPS) is 12.8. The van der Waals surface area contributed by atoms with Crippen LogP contribution in [0.3, 0.4) is 0 Å². The van der Waals surface area contributed by atoms with Crippen molar-refractivity contribution in [2.45, 2.75) is 40.3 Å². The van der Waals surface area contributed by atoms with Gasteiger partial charge in [0.05, 0.1) is 0 Å². The Kier molecular flexibility index (Phi) is 4.69. The third-order valence-corrected chi connectivity index (χ3v) is 2.87. The van der Waals surface area contributed by atoms with E-state index in [-0.39, 0.29) is 11.9 Å². The molecule has 1 atom stereocenters. The fourth-order valence-corrected chi connectivity index (χ4v) is 1.29. The molecule has 0 aromatic carbocycles. The molecule has 0 fully saturated rings. The van der Waals surface area contributed by atoms with Gasteiger partial charge in [-0.15, -0.1) is 0 Å². The van der Waals surface area contributed by atoms with Crippen molar-refractivity contribution in [1.29, 1.82) is 0 Å². The summed E-state index contributed by atoms with van der Waals surface area (Å²) >= 11 is 0. The summed E-state index contributed by atoms with van der Waals surface area (Å²) in [5.74, 6) is 0.772. The summed E-state index contributed by atoms with van der Waals surface area (Å²) in [5, 5.41) is 6.67. The van der Waals surface area contributed by atoms with Crippen LogP contribution in [0.4, 0.5) is 0 Å². The van der Waals surface area contributed by atoms with Crippen molar-refractivity contribution < 1.29 is 14.1 Å². The fourth-order valence-electron chi connectivity index (χ4n) is 1.29. The maximum atomic E-state index is 11.9. The molecule has 1 rings (SSSR count). The van der Waals surface area contributed by atoms with Crippen LogP contribution in [-0.4, -0.2) is 24.2 Å². The molecule has 0 bridgehead atoms. The summed E-state index contributed by atoms with van der Waals surface area (Å²) in [6.45, 7) is 8.20. The number of ether oxygens (including phenoxy) is 1. The van der Waals surface area contributed by atoms with Crippen molar-refractivity contribution >= 4 is 5.91 Å². The molecule has 1 amide bonds. The monoisotopic (exact) mass is 240 g/mol. The minimum atomic E-state index is -0.199. The second kappa shape index (κ2) is 5.82. The average Bonchev–Trinajstić information content (AvgIpc) is 2.61. The molecule has 17 heavy (non-hydrogen) atoms. The van der Waals surface area contributed by atoms with Crippen LogP contribution in [0.25, 0.3) is 0 Å². The minimum absolute atomic E-state index is 0.101. The van der Waals surface area contributed by atoms with Gasteiger partial charge in [0.2, 0.25) is 0 Å². The molecule has 1 heterocycles. The lowest BCUT2D eigenvalue weighted by molar-refractivity contribution is 0.0920. The lowest BCUT2D eigenvalue weighted by Gasteiger charge is -2.16. The zero-order chi connectivity index (χ0) is 13.0. The number of aromatic nitrogens is 1. The highest BCUT2D eigenvalue weighted by atomic mass is 16.5. The van der Waals surface area contributed by atoms with E-state index in [1.165, 1.54) is 0 Å². The van der Waals surface area contributed by atoms with Crippen LogP contribution in [0.15, 0.2) is 4.52 Å². The molecule has 96 valence electrons. The van der Waals surface area contributed by atoms with E-state index in [2.05, 4.69) is 24.3 Å². The molecule has 0 aliphatic rings. The SMILES string of the molecule is COCc1onc(C(=O)NC(C)C(C)C)c1C. The molecule has 0 spiro atoms. The Morgan fingerprint density at radius 3 is 2.65 bits per heavy atom. The van der Waals surface area contributed by atoms with Crippen LogP contribution >= 0.6 is 0 Å². The van der Waals surface area contributed by atoms with Crippen LogP contribution in [-0.2, 0) is 11.3 Å². The molecular weight excluding hydrogens is 220 g/mol. The Bertz CT molecular complexity index is 385. The first kappa shape index (κ1) is 13.7. The van der Waals surface area contributed by atoms with Crippen LogP contribution in [0.5, 0.6) is 0 Å². The van der Waals surface area contributed by atoms with Crippen LogP contribution in [0, 0.1) is 12.8 Å². The molecule has 1 unspecified atom stereocenters. The first-order valence-electron chi connectivity index (χ1n) is 5.72. The number of methoxy groups -OCH3 is 1. The van der Waals surface area contributed by atoms with E-state index in [1.807, 2.05) is 6.92 Å². The molecule has 0 aliphatic carbocycles. The van der Waals surface area contributed by atoms with E-state index in [9.17, 15) is 4.79 Å². The second-order valence-corrected chi connectivity index (χ2v) is 4.52. The molecule has 0 saturated heterocycles. The summed E-state index contributed by atoms with van der Waals surface area (Å²) in [5.41, 5.74) is 1.07. The van der Waals surface area contributed by atoms with Gasteiger partial charge in [-0.2, -0.15) is 0 Å². The second-order valence-electron chi connectivity index (χ2n) is 4.52. The van der Waals surface area contributed by atoms with Gasteiger partial charge in [0.15, 0.2) is 11.5 Å². The van der Waals surface area contributed by atoms with Gasteiger partial charge in [0.1, 0.15) is 6.61 Å². The Hall–Kier alpha value is -1.36. The zero-order valence-electron chi connectivity index (χ0n) is 11.0. The fraction of sp³-hybridized carbons (Fsp3) is 0.667. The zero-order valence-corrected chi connectivity index (χ0v) is 11.0. The first-order chi connectivity index (χ1) is 7.97. The summed E-state index contributed by atoms with van der Waals surface area (Å²) in [6.07, 6.45) is 0.